The summed E-state index contributed by atoms with van der Waals surface area (Å²) in [5.41, 5.74) is 6.88. The molecule has 2 aromatic carbocycles. The van der Waals surface area contributed by atoms with E-state index in [2.05, 4.69) is 20.0 Å². The maximum atomic E-state index is 12.5. The predicted molar refractivity (Wildman–Crippen MR) is 133 cm³/mol. The zero-order valence-corrected chi connectivity index (χ0v) is 20.2. The number of nitrogen functional groups attached to an aromatic ring is 1. The molecule has 0 spiro atoms. The van der Waals surface area contributed by atoms with Crippen LogP contribution in [0.3, 0.4) is 0 Å². The lowest BCUT2D eigenvalue weighted by Gasteiger charge is -2.28. The molecule has 0 saturated heterocycles. The number of anilines is 2. The third-order valence-corrected chi connectivity index (χ3v) is 7.52. The topological polar surface area (TPSA) is 119 Å². The molecule has 0 amide bonds. The Morgan fingerprint density at radius 3 is 2.27 bits per heavy atom. The lowest BCUT2D eigenvalue weighted by Crippen LogP contribution is -2.32. The zero-order chi connectivity index (χ0) is 22.6. The molecule has 0 aliphatic heterocycles. The minimum Gasteiger partial charge on any atom is -0.497 e. The van der Waals surface area contributed by atoms with Gasteiger partial charge < -0.3 is 15.8 Å². The van der Waals surface area contributed by atoms with Crippen molar-refractivity contribution in [2.24, 2.45) is 11.8 Å². The second-order valence-electron chi connectivity index (χ2n) is 8.24. The number of rotatable bonds is 8. The lowest BCUT2D eigenvalue weighted by atomic mass is 9.82. The van der Waals surface area contributed by atoms with E-state index in [1.165, 1.54) is 0 Å². The van der Waals surface area contributed by atoms with Crippen molar-refractivity contribution in [3.63, 3.8) is 0 Å². The van der Waals surface area contributed by atoms with Gasteiger partial charge in [0.2, 0.25) is 16.0 Å². The molecule has 1 aliphatic carbocycles. The number of hydrogen-bond donors (Lipinski definition) is 3. The van der Waals surface area contributed by atoms with Gasteiger partial charge in [-0.2, -0.15) is 4.98 Å². The van der Waals surface area contributed by atoms with Crippen LogP contribution in [0.25, 0.3) is 10.9 Å². The van der Waals surface area contributed by atoms with Crippen molar-refractivity contribution < 1.29 is 13.2 Å². The van der Waals surface area contributed by atoms with Crippen LogP contribution in [-0.4, -0.2) is 38.6 Å². The molecule has 1 fully saturated rings. The molecule has 1 heterocycles. The van der Waals surface area contributed by atoms with Crippen LogP contribution in [0, 0.1) is 11.8 Å². The molecule has 1 aliphatic rings. The number of fused-ring (bicyclic) bond motifs is 1. The Morgan fingerprint density at radius 2 is 1.61 bits per heavy atom. The Kier molecular flexibility index (Phi) is 8.34. The van der Waals surface area contributed by atoms with Gasteiger partial charge in [0, 0.05) is 18.5 Å². The molecule has 10 heteroatoms. The van der Waals surface area contributed by atoms with Gasteiger partial charge in [-0.1, -0.05) is 12.1 Å². The molecule has 0 unspecified atom stereocenters. The molecule has 0 atom stereocenters. The predicted octanol–water partition coefficient (Wildman–Crippen LogP) is 3.84. The fourth-order valence-electron chi connectivity index (χ4n) is 4.12. The monoisotopic (exact) mass is 491 g/mol. The fraction of sp³-hybridized carbons (Fsp3) is 0.391. The minimum atomic E-state index is -3.51. The van der Waals surface area contributed by atoms with Gasteiger partial charge in [0.1, 0.15) is 11.6 Å². The van der Waals surface area contributed by atoms with Crippen LogP contribution < -0.4 is 20.5 Å². The van der Waals surface area contributed by atoms with E-state index in [1.807, 2.05) is 24.3 Å². The van der Waals surface area contributed by atoms with Crippen LogP contribution in [0.2, 0.25) is 0 Å². The Labute approximate surface area is 200 Å². The molecule has 0 bridgehead atoms. The van der Waals surface area contributed by atoms with E-state index in [0.717, 1.165) is 43.1 Å². The molecule has 1 saturated carbocycles. The number of methoxy groups -OCH3 is 1. The lowest BCUT2D eigenvalue weighted by molar-refractivity contribution is 0.284. The van der Waals surface area contributed by atoms with Gasteiger partial charge in [0.05, 0.1) is 17.5 Å². The first-order valence-electron chi connectivity index (χ1n) is 10.8. The van der Waals surface area contributed by atoms with Gasteiger partial charge in [0.15, 0.2) is 0 Å². The van der Waals surface area contributed by atoms with Gasteiger partial charge in [-0.05, 0) is 73.9 Å². The van der Waals surface area contributed by atoms with Gasteiger partial charge in [-0.25, -0.2) is 18.1 Å². The maximum Gasteiger partial charge on any atom is 0.240 e. The summed E-state index contributed by atoms with van der Waals surface area (Å²) in [6, 6.07) is 14.1. The number of ether oxygens (including phenoxy) is 1. The molecule has 1 aromatic heterocycles. The van der Waals surface area contributed by atoms with Crippen molar-refractivity contribution in [3.8, 4) is 5.75 Å². The molecule has 33 heavy (non-hydrogen) atoms. The summed E-state index contributed by atoms with van der Waals surface area (Å²) in [6.45, 7) is 1.24. The van der Waals surface area contributed by atoms with E-state index in [0.29, 0.717) is 35.9 Å². The molecular weight excluding hydrogens is 462 g/mol. The molecule has 8 nitrogen and oxygen atoms in total. The average Bonchev–Trinajstić information content (AvgIpc) is 2.82. The summed E-state index contributed by atoms with van der Waals surface area (Å²) in [4.78, 5) is 9.17. The highest BCUT2D eigenvalue weighted by atomic mass is 35.5. The maximum absolute atomic E-state index is 12.5. The second kappa shape index (κ2) is 11.0. The van der Waals surface area contributed by atoms with E-state index < -0.39 is 10.0 Å². The number of para-hydroxylation sites is 1. The Hall–Kier alpha value is -2.62. The van der Waals surface area contributed by atoms with Crippen molar-refractivity contribution >= 4 is 45.1 Å². The van der Waals surface area contributed by atoms with Crippen molar-refractivity contribution in [1.29, 1.82) is 0 Å². The zero-order valence-electron chi connectivity index (χ0n) is 18.5. The van der Waals surface area contributed by atoms with Crippen molar-refractivity contribution in [2.75, 3.05) is 31.2 Å². The third-order valence-electron chi connectivity index (χ3n) is 6.08. The average molecular weight is 492 g/mol. The van der Waals surface area contributed by atoms with E-state index in [1.54, 1.807) is 31.4 Å². The Bertz CT molecular complexity index is 1170. The summed E-state index contributed by atoms with van der Waals surface area (Å²) >= 11 is 0. The number of aromatic nitrogens is 2. The summed E-state index contributed by atoms with van der Waals surface area (Å²) < 4.78 is 32.9. The number of nitrogens with zero attached hydrogens (tertiary/aromatic N) is 2. The Morgan fingerprint density at radius 1 is 0.970 bits per heavy atom. The second-order valence-corrected chi connectivity index (χ2v) is 10.0. The van der Waals surface area contributed by atoms with E-state index in [-0.39, 0.29) is 17.3 Å². The highest BCUT2D eigenvalue weighted by molar-refractivity contribution is 7.89. The number of sulfonamides is 1. The van der Waals surface area contributed by atoms with Crippen LogP contribution in [-0.2, 0) is 10.0 Å². The normalized spacial score (nSPS) is 18.5. The molecule has 0 radical (unpaired) electrons. The number of nitrogens with one attached hydrogen (secondary N) is 2. The van der Waals surface area contributed by atoms with Crippen molar-refractivity contribution in [3.05, 3.63) is 48.5 Å². The first-order valence-corrected chi connectivity index (χ1v) is 12.3. The third kappa shape index (κ3) is 6.25. The number of nitrogens with two attached hydrogens (primary N) is 1. The van der Waals surface area contributed by atoms with E-state index in [4.69, 9.17) is 10.5 Å². The quantitative estimate of drug-likeness (QED) is 0.438. The molecule has 4 rings (SSSR count). The van der Waals surface area contributed by atoms with Gasteiger partial charge in [-0.3, -0.25) is 0 Å². The summed E-state index contributed by atoms with van der Waals surface area (Å²) in [5.74, 6) is 2.50. The number of halogens is 1. The number of hydrogen-bond acceptors (Lipinski definition) is 7. The highest BCUT2D eigenvalue weighted by Crippen LogP contribution is 2.29. The molecular formula is C23H30ClN5O3S. The SMILES string of the molecule is COc1ccc(S(=O)(=O)NCC2CCC(CNc3nc(N)c4ccccc4n3)CC2)cc1.Cl. The highest BCUT2D eigenvalue weighted by Gasteiger charge is 2.23. The molecule has 4 N–H and O–H groups in total. The summed E-state index contributed by atoms with van der Waals surface area (Å²) in [5, 5.41) is 4.18. The first kappa shape index (κ1) is 25.0. The van der Waals surface area contributed by atoms with Crippen LogP contribution in [0.5, 0.6) is 5.75 Å². The Balaban J connectivity index is 0.00000306. The van der Waals surface area contributed by atoms with Crippen LogP contribution in [0.1, 0.15) is 25.7 Å². The summed E-state index contributed by atoms with van der Waals surface area (Å²) in [6.07, 6.45) is 4.03. The summed E-state index contributed by atoms with van der Waals surface area (Å²) in [7, 11) is -1.96. The van der Waals surface area contributed by atoms with Crippen LogP contribution >= 0.6 is 12.4 Å². The smallest absolute Gasteiger partial charge is 0.240 e. The fourth-order valence-corrected chi connectivity index (χ4v) is 5.24. The minimum absolute atomic E-state index is 0. The molecule has 178 valence electrons. The largest absolute Gasteiger partial charge is 0.497 e. The number of benzene rings is 2. The van der Waals surface area contributed by atoms with Crippen LogP contribution in [0.4, 0.5) is 11.8 Å². The van der Waals surface area contributed by atoms with Gasteiger partial charge in [0.25, 0.3) is 0 Å². The van der Waals surface area contributed by atoms with Crippen LogP contribution in [0.15, 0.2) is 53.4 Å². The standard InChI is InChI=1S/C23H29N5O3S.ClH/c1-31-18-10-12-19(13-11-18)32(29,30)26-15-17-8-6-16(7-9-17)14-25-23-27-21-5-3-2-4-20(21)22(24)28-23;/h2-5,10-13,16-17,26H,6-9,14-15H2,1H3,(H3,24,25,27,28);1H. The van der Waals surface area contributed by atoms with E-state index >= 15 is 0 Å². The molecule has 3 aromatic rings. The first-order chi connectivity index (χ1) is 15.4. The van der Waals surface area contributed by atoms with Gasteiger partial charge >= 0.3 is 0 Å². The van der Waals surface area contributed by atoms with Crippen molar-refractivity contribution in [2.45, 2.75) is 30.6 Å². The van der Waals surface area contributed by atoms with Crippen molar-refractivity contribution in [1.82, 2.24) is 14.7 Å². The van der Waals surface area contributed by atoms with Gasteiger partial charge in [-0.15, -0.1) is 12.4 Å². The van der Waals surface area contributed by atoms with E-state index in [9.17, 15) is 8.42 Å².